The molecule has 108 valence electrons. The van der Waals surface area contributed by atoms with Crippen molar-refractivity contribution < 1.29 is 19.6 Å². The van der Waals surface area contributed by atoms with Crippen LogP contribution in [-0.4, -0.2) is 36.2 Å². The van der Waals surface area contributed by atoms with Crippen LogP contribution in [0.1, 0.15) is 23.2 Å². The molecule has 1 fully saturated rings. The highest BCUT2D eigenvalue weighted by atomic mass is 32.1. The average Bonchev–Trinajstić information content (AvgIpc) is 3.06. The predicted molar refractivity (Wildman–Crippen MR) is 71.1 cm³/mol. The van der Waals surface area contributed by atoms with Crippen LogP contribution in [0.15, 0.2) is 12.1 Å². The smallest absolute Gasteiger partial charge is 0.329 e. The molecule has 0 bridgehead atoms. The van der Waals surface area contributed by atoms with E-state index in [1.54, 1.807) is 0 Å². The topological polar surface area (TPSA) is 135 Å². The summed E-state index contributed by atoms with van der Waals surface area (Å²) in [5.41, 5.74) is -1.23. The van der Waals surface area contributed by atoms with Crippen molar-refractivity contribution in [2.45, 2.75) is 18.4 Å². The Morgan fingerprint density at radius 1 is 1.38 bits per heavy atom. The van der Waals surface area contributed by atoms with E-state index < -0.39 is 22.3 Å². The lowest BCUT2D eigenvalue weighted by Gasteiger charge is -2.12. The van der Waals surface area contributed by atoms with Gasteiger partial charge in [-0.2, -0.15) is 8.75 Å². The molecule has 2 N–H and O–H groups in total. The molecule has 21 heavy (non-hydrogen) atoms. The fourth-order valence-corrected chi connectivity index (χ4v) is 2.49. The summed E-state index contributed by atoms with van der Waals surface area (Å²) in [5.74, 6) is -1.78. The van der Waals surface area contributed by atoms with Gasteiger partial charge in [-0.25, -0.2) is 4.79 Å². The van der Waals surface area contributed by atoms with Crippen molar-refractivity contribution in [2.24, 2.45) is 0 Å². The molecule has 1 aliphatic carbocycles. The summed E-state index contributed by atoms with van der Waals surface area (Å²) in [6, 6.07) is 2.44. The molecule has 3 rings (SSSR count). The van der Waals surface area contributed by atoms with E-state index in [1.807, 2.05) is 0 Å². The zero-order valence-corrected chi connectivity index (χ0v) is 11.2. The number of nitro benzene ring substituents is 1. The Morgan fingerprint density at radius 2 is 2.10 bits per heavy atom. The van der Waals surface area contributed by atoms with Gasteiger partial charge in [0.25, 0.3) is 11.6 Å². The minimum absolute atomic E-state index is 0.00516. The number of hydrogen-bond acceptors (Lipinski definition) is 7. The largest absolute Gasteiger partial charge is 0.480 e. The zero-order valence-electron chi connectivity index (χ0n) is 10.4. The van der Waals surface area contributed by atoms with Crippen LogP contribution in [0.2, 0.25) is 0 Å². The maximum Gasteiger partial charge on any atom is 0.329 e. The number of carbonyl (C=O) groups excluding carboxylic acids is 1. The third-order valence-corrected chi connectivity index (χ3v) is 3.85. The standard InChI is InChI=1S/C11H8N4O5S/c16-9(12-11(1-2-11)10(17)18)5-3-6-8(14-21-13-6)7(4-5)15(19)20/h3-4H,1-2H2,(H,12,16)(H,17,18). The van der Waals surface area contributed by atoms with Crippen molar-refractivity contribution in [1.82, 2.24) is 14.1 Å². The van der Waals surface area contributed by atoms with Crippen molar-refractivity contribution in [3.63, 3.8) is 0 Å². The Bertz CT molecular complexity index is 782. The van der Waals surface area contributed by atoms with E-state index in [0.717, 1.165) is 17.8 Å². The molecule has 1 heterocycles. The quantitative estimate of drug-likeness (QED) is 0.633. The zero-order chi connectivity index (χ0) is 15.2. The molecule has 1 amide bonds. The van der Waals surface area contributed by atoms with Gasteiger partial charge in [0.05, 0.1) is 16.7 Å². The normalized spacial score (nSPS) is 15.6. The minimum atomic E-state index is -1.25. The number of carboxylic acids is 1. The molecule has 2 aromatic rings. The van der Waals surface area contributed by atoms with Crippen LogP contribution < -0.4 is 5.32 Å². The van der Waals surface area contributed by atoms with Gasteiger partial charge in [-0.05, 0) is 18.9 Å². The van der Waals surface area contributed by atoms with E-state index in [9.17, 15) is 19.7 Å². The number of hydrogen-bond donors (Lipinski definition) is 2. The van der Waals surface area contributed by atoms with E-state index in [2.05, 4.69) is 14.1 Å². The van der Waals surface area contributed by atoms with Crippen LogP contribution in [0.25, 0.3) is 11.0 Å². The highest BCUT2D eigenvalue weighted by molar-refractivity contribution is 7.00. The van der Waals surface area contributed by atoms with Gasteiger partial charge >= 0.3 is 5.97 Å². The van der Waals surface area contributed by atoms with Gasteiger partial charge in [0.1, 0.15) is 11.1 Å². The van der Waals surface area contributed by atoms with Gasteiger partial charge < -0.3 is 10.4 Å². The number of nitro groups is 1. The summed E-state index contributed by atoms with van der Waals surface area (Å²) in [6.07, 6.45) is 0.688. The van der Waals surface area contributed by atoms with Crippen molar-refractivity contribution in [1.29, 1.82) is 0 Å². The van der Waals surface area contributed by atoms with Crippen LogP contribution in [-0.2, 0) is 4.79 Å². The molecular formula is C11H8N4O5S. The molecule has 9 nitrogen and oxygen atoms in total. The number of amides is 1. The summed E-state index contributed by atoms with van der Waals surface area (Å²) >= 11 is 0.805. The summed E-state index contributed by atoms with van der Waals surface area (Å²) in [6.45, 7) is 0. The second kappa shape index (κ2) is 4.45. The van der Waals surface area contributed by atoms with Gasteiger partial charge in [-0.15, -0.1) is 0 Å². The van der Waals surface area contributed by atoms with Crippen LogP contribution in [0.4, 0.5) is 5.69 Å². The van der Waals surface area contributed by atoms with Crippen molar-refractivity contribution in [3.05, 3.63) is 27.8 Å². The van der Waals surface area contributed by atoms with E-state index in [1.165, 1.54) is 6.07 Å². The Morgan fingerprint density at radius 3 is 2.67 bits per heavy atom. The SMILES string of the molecule is O=C(NC1(C(=O)O)CC1)c1cc([N+](=O)[O-])c2nsnc2c1. The lowest BCUT2D eigenvalue weighted by molar-refractivity contribution is -0.383. The number of aromatic nitrogens is 2. The summed E-state index contributed by atoms with van der Waals surface area (Å²) < 4.78 is 7.70. The maximum absolute atomic E-state index is 12.1. The first-order valence-corrected chi connectivity index (χ1v) is 6.63. The first-order chi connectivity index (χ1) is 9.93. The molecule has 0 radical (unpaired) electrons. The molecule has 0 spiro atoms. The van der Waals surface area contributed by atoms with E-state index >= 15 is 0 Å². The highest BCUT2D eigenvalue weighted by Crippen LogP contribution is 2.36. The lowest BCUT2D eigenvalue weighted by atomic mass is 10.1. The molecule has 0 atom stereocenters. The molecule has 1 saturated carbocycles. The number of fused-ring (bicyclic) bond motifs is 1. The second-order valence-corrected chi connectivity index (χ2v) is 5.25. The number of nitrogens with zero attached hydrogens (tertiary/aromatic N) is 3. The van der Waals surface area contributed by atoms with Crippen LogP contribution in [0.5, 0.6) is 0 Å². The molecule has 10 heteroatoms. The molecular weight excluding hydrogens is 300 g/mol. The van der Waals surface area contributed by atoms with Gasteiger partial charge in [-0.1, -0.05) is 0 Å². The first-order valence-electron chi connectivity index (χ1n) is 5.89. The van der Waals surface area contributed by atoms with Gasteiger partial charge in [0, 0.05) is 11.6 Å². The Kier molecular flexibility index (Phi) is 2.83. The monoisotopic (exact) mass is 308 g/mol. The van der Waals surface area contributed by atoms with Gasteiger partial charge in [-0.3, -0.25) is 14.9 Å². The van der Waals surface area contributed by atoms with Crippen molar-refractivity contribution in [3.8, 4) is 0 Å². The fourth-order valence-electron chi connectivity index (χ4n) is 1.95. The summed E-state index contributed by atoms with van der Waals surface area (Å²) in [4.78, 5) is 33.5. The van der Waals surface area contributed by atoms with Crippen LogP contribution in [0, 0.1) is 10.1 Å². The second-order valence-electron chi connectivity index (χ2n) is 4.73. The van der Waals surface area contributed by atoms with Gasteiger partial charge in [0.2, 0.25) is 0 Å². The number of rotatable bonds is 4. The first kappa shape index (κ1) is 13.4. The third-order valence-electron chi connectivity index (χ3n) is 3.31. The number of non-ortho nitro benzene ring substituents is 1. The van der Waals surface area contributed by atoms with E-state index in [4.69, 9.17) is 5.11 Å². The minimum Gasteiger partial charge on any atom is -0.480 e. The van der Waals surface area contributed by atoms with Crippen LogP contribution >= 0.6 is 11.7 Å². The molecule has 1 aliphatic rings. The van der Waals surface area contributed by atoms with E-state index in [0.29, 0.717) is 12.8 Å². The Balaban J connectivity index is 1.98. The number of benzene rings is 1. The van der Waals surface area contributed by atoms with Crippen LogP contribution in [0.3, 0.4) is 0 Å². The van der Waals surface area contributed by atoms with Crippen molar-refractivity contribution in [2.75, 3.05) is 0 Å². The Labute approximate surface area is 121 Å². The van der Waals surface area contributed by atoms with E-state index in [-0.39, 0.29) is 22.3 Å². The highest BCUT2D eigenvalue weighted by Gasteiger charge is 2.51. The summed E-state index contributed by atoms with van der Waals surface area (Å²) in [5, 5.41) is 22.4. The van der Waals surface area contributed by atoms with Gasteiger partial charge in [0.15, 0.2) is 5.52 Å². The molecule has 0 unspecified atom stereocenters. The summed E-state index contributed by atoms with van der Waals surface area (Å²) in [7, 11) is 0. The maximum atomic E-state index is 12.1. The number of nitrogens with one attached hydrogen (secondary N) is 1. The number of carboxylic acid groups (broad SMARTS) is 1. The molecule has 0 aliphatic heterocycles. The third kappa shape index (κ3) is 2.18. The fraction of sp³-hybridized carbons (Fsp3) is 0.273. The number of aliphatic carboxylic acids is 1. The molecule has 1 aromatic heterocycles. The molecule has 0 saturated heterocycles. The number of carbonyl (C=O) groups is 2. The Hall–Kier alpha value is -2.62. The lowest BCUT2D eigenvalue weighted by Crippen LogP contribution is -2.43. The average molecular weight is 308 g/mol. The molecule has 1 aromatic carbocycles. The van der Waals surface area contributed by atoms with Crippen molar-refractivity contribution >= 4 is 40.3 Å². The predicted octanol–water partition coefficient (Wildman–Crippen LogP) is 0.946.